The van der Waals surface area contributed by atoms with Crippen LogP contribution in [0.25, 0.3) is 0 Å². The molecule has 0 fully saturated rings. The van der Waals surface area contributed by atoms with Crippen LogP contribution in [0.5, 0.6) is 5.75 Å². The van der Waals surface area contributed by atoms with Crippen LogP contribution in [0.3, 0.4) is 0 Å². The molecule has 2 aromatic carbocycles. The summed E-state index contributed by atoms with van der Waals surface area (Å²) >= 11 is 0. The van der Waals surface area contributed by atoms with E-state index in [0.717, 1.165) is 11.3 Å². The average Bonchev–Trinajstić information content (AvgIpc) is 2.64. The monoisotopic (exact) mass is 366 g/mol. The summed E-state index contributed by atoms with van der Waals surface area (Å²) in [5, 5.41) is 0. The summed E-state index contributed by atoms with van der Waals surface area (Å²) in [4.78, 5) is 28.5. The Morgan fingerprint density at radius 3 is 2.67 bits per heavy atom. The van der Waals surface area contributed by atoms with Gasteiger partial charge in [-0.25, -0.2) is 0 Å². The van der Waals surface area contributed by atoms with Crippen LogP contribution in [0, 0.1) is 13.8 Å². The lowest BCUT2D eigenvalue weighted by molar-refractivity contribution is -0.130. The number of rotatable bonds is 5. The number of fused-ring (bicyclic) bond motifs is 1. The molecule has 2 aromatic rings. The van der Waals surface area contributed by atoms with Crippen LogP contribution in [0.1, 0.15) is 30.0 Å². The molecule has 27 heavy (non-hydrogen) atoms. The van der Waals surface area contributed by atoms with Crippen molar-refractivity contribution in [2.45, 2.75) is 39.8 Å². The number of hydrogen-bond acceptors (Lipinski definition) is 3. The maximum atomic E-state index is 12.6. The highest BCUT2D eigenvalue weighted by molar-refractivity contribution is 6.00. The first-order chi connectivity index (χ1) is 12.9. The second-order valence-corrected chi connectivity index (χ2v) is 7.15. The Morgan fingerprint density at radius 2 is 1.93 bits per heavy atom. The predicted octanol–water partition coefficient (Wildman–Crippen LogP) is 3.47. The fraction of sp³-hybridized carbons (Fsp3) is 0.364. The lowest BCUT2D eigenvalue weighted by Gasteiger charge is -2.33. The maximum absolute atomic E-state index is 12.6. The van der Waals surface area contributed by atoms with Gasteiger partial charge < -0.3 is 14.5 Å². The predicted molar refractivity (Wildman–Crippen MR) is 106 cm³/mol. The van der Waals surface area contributed by atoms with Crippen molar-refractivity contribution >= 4 is 17.5 Å². The number of benzene rings is 2. The molecule has 1 unspecified atom stereocenters. The molecule has 0 saturated heterocycles. The molecule has 0 aliphatic carbocycles. The number of anilines is 1. The van der Waals surface area contributed by atoms with Crippen LogP contribution in [0.15, 0.2) is 42.5 Å². The second kappa shape index (κ2) is 7.82. The van der Waals surface area contributed by atoms with E-state index >= 15 is 0 Å². The molecule has 0 spiro atoms. The zero-order chi connectivity index (χ0) is 19.6. The van der Waals surface area contributed by atoms with E-state index in [9.17, 15) is 9.59 Å². The minimum Gasteiger partial charge on any atom is -0.479 e. The number of carbonyl (C=O) groups is 2. The Labute approximate surface area is 160 Å². The van der Waals surface area contributed by atoms with E-state index in [1.807, 2.05) is 24.3 Å². The van der Waals surface area contributed by atoms with Gasteiger partial charge in [-0.05, 0) is 44.0 Å². The van der Waals surface area contributed by atoms with Gasteiger partial charge in [0.05, 0.1) is 5.69 Å². The van der Waals surface area contributed by atoms with Crippen molar-refractivity contribution in [1.29, 1.82) is 0 Å². The lowest BCUT2D eigenvalue weighted by Crippen LogP contribution is -2.45. The summed E-state index contributed by atoms with van der Waals surface area (Å²) in [6.07, 6.45) is -0.267. The van der Waals surface area contributed by atoms with Crippen LogP contribution >= 0.6 is 0 Å². The molecule has 0 saturated carbocycles. The van der Waals surface area contributed by atoms with Gasteiger partial charge in [-0.2, -0.15) is 0 Å². The van der Waals surface area contributed by atoms with Gasteiger partial charge in [0.1, 0.15) is 5.75 Å². The minimum atomic E-state index is -0.539. The smallest absolute Gasteiger partial charge is 0.267 e. The maximum Gasteiger partial charge on any atom is 0.267 e. The number of ether oxygens (including phenoxy) is 1. The van der Waals surface area contributed by atoms with Gasteiger partial charge in [-0.15, -0.1) is 0 Å². The molecular weight excluding hydrogens is 340 g/mol. The summed E-state index contributed by atoms with van der Waals surface area (Å²) in [7, 11) is 1.80. The molecule has 0 N–H and O–H groups in total. The summed E-state index contributed by atoms with van der Waals surface area (Å²) in [6, 6.07) is 13.7. The van der Waals surface area contributed by atoms with Crippen molar-refractivity contribution in [1.82, 2.24) is 4.90 Å². The fourth-order valence-electron chi connectivity index (χ4n) is 3.35. The van der Waals surface area contributed by atoms with Gasteiger partial charge in [0.2, 0.25) is 5.91 Å². The van der Waals surface area contributed by atoms with Crippen molar-refractivity contribution in [3.8, 4) is 5.75 Å². The molecule has 5 nitrogen and oxygen atoms in total. The standard InChI is InChI=1S/C22H26N2O3/c1-15-9-10-18(16(2)13-15)14-23(4)21(25)11-12-24-19-7-5-6-8-20(19)27-17(3)22(24)26/h5-10,13,17H,11-12,14H2,1-4H3. The number of para-hydroxylation sites is 2. The average molecular weight is 366 g/mol. The highest BCUT2D eigenvalue weighted by Crippen LogP contribution is 2.33. The Hall–Kier alpha value is -2.82. The van der Waals surface area contributed by atoms with Crippen molar-refractivity contribution < 1.29 is 14.3 Å². The van der Waals surface area contributed by atoms with Crippen LogP contribution < -0.4 is 9.64 Å². The van der Waals surface area contributed by atoms with E-state index in [1.165, 1.54) is 11.1 Å². The number of hydrogen-bond donors (Lipinski definition) is 0. The van der Waals surface area contributed by atoms with Crippen molar-refractivity contribution in [3.63, 3.8) is 0 Å². The first-order valence-corrected chi connectivity index (χ1v) is 9.24. The molecule has 1 heterocycles. The Balaban J connectivity index is 1.65. The lowest BCUT2D eigenvalue weighted by atomic mass is 10.1. The summed E-state index contributed by atoms with van der Waals surface area (Å²) < 4.78 is 5.64. The largest absolute Gasteiger partial charge is 0.479 e. The number of amides is 2. The van der Waals surface area contributed by atoms with Gasteiger partial charge in [0.15, 0.2) is 6.10 Å². The molecule has 142 valence electrons. The van der Waals surface area contributed by atoms with Gasteiger partial charge in [-0.3, -0.25) is 9.59 Å². The SMILES string of the molecule is Cc1ccc(CN(C)C(=O)CCN2C(=O)C(C)Oc3ccccc32)c(C)c1. The topological polar surface area (TPSA) is 49.9 Å². The minimum absolute atomic E-state index is 0.0133. The van der Waals surface area contributed by atoms with Crippen molar-refractivity contribution in [2.75, 3.05) is 18.5 Å². The quantitative estimate of drug-likeness (QED) is 0.814. The van der Waals surface area contributed by atoms with Crippen LogP contribution in [-0.4, -0.2) is 36.4 Å². The third-order valence-corrected chi connectivity index (χ3v) is 4.95. The molecule has 2 amide bonds. The molecular formula is C22H26N2O3. The van der Waals surface area contributed by atoms with Gasteiger partial charge >= 0.3 is 0 Å². The van der Waals surface area contributed by atoms with Gasteiger partial charge in [0, 0.05) is 26.6 Å². The van der Waals surface area contributed by atoms with Crippen LogP contribution in [0.4, 0.5) is 5.69 Å². The Kier molecular flexibility index (Phi) is 5.49. The number of carbonyl (C=O) groups excluding carboxylic acids is 2. The van der Waals surface area contributed by atoms with Crippen molar-refractivity contribution in [2.24, 2.45) is 0 Å². The Morgan fingerprint density at radius 1 is 1.19 bits per heavy atom. The summed E-state index contributed by atoms with van der Waals surface area (Å²) in [5.41, 5.74) is 4.26. The first kappa shape index (κ1) is 19.0. The van der Waals surface area contributed by atoms with Gasteiger partial charge in [-0.1, -0.05) is 35.9 Å². The van der Waals surface area contributed by atoms with E-state index in [1.54, 1.807) is 23.8 Å². The molecule has 5 heteroatoms. The zero-order valence-electron chi connectivity index (χ0n) is 16.4. The number of nitrogens with zero attached hydrogens (tertiary/aromatic N) is 2. The molecule has 0 radical (unpaired) electrons. The van der Waals surface area contributed by atoms with E-state index in [4.69, 9.17) is 4.74 Å². The van der Waals surface area contributed by atoms with E-state index in [2.05, 4.69) is 32.0 Å². The van der Waals surface area contributed by atoms with Crippen LogP contribution in [0.2, 0.25) is 0 Å². The van der Waals surface area contributed by atoms with E-state index in [0.29, 0.717) is 18.8 Å². The molecule has 1 aliphatic heterocycles. The van der Waals surface area contributed by atoms with Crippen molar-refractivity contribution in [3.05, 3.63) is 59.2 Å². The molecule has 3 rings (SSSR count). The molecule has 1 atom stereocenters. The third kappa shape index (κ3) is 4.13. The second-order valence-electron chi connectivity index (χ2n) is 7.15. The summed E-state index contributed by atoms with van der Waals surface area (Å²) in [5.74, 6) is 0.582. The molecule has 1 aliphatic rings. The first-order valence-electron chi connectivity index (χ1n) is 9.24. The molecule has 0 aromatic heterocycles. The van der Waals surface area contributed by atoms with Gasteiger partial charge in [0.25, 0.3) is 5.91 Å². The fourth-order valence-corrected chi connectivity index (χ4v) is 3.35. The normalized spacial score (nSPS) is 15.9. The number of aryl methyl sites for hydroxylation is 2. The van der Waals surface area contributed by atoms with E-state index in [-0.39, 0.29) is 18.2 Å². The van der Waals surface area contributed by atoms with Crippen LogP contribution in [-0.2, 0) is 16.1 Å². The molecule has 0 bridgehead atoms. The van der Waals surface area contributed by atoms with E-state index < -0.39 is 6.10 Å². The highest BCUT2D eigenvalue weighted by atomic mass is 16.5. The highest BCUT2D eigenvalue weighted by Gasteiger charge is 2.31. The zero-order valence-corrected chi connectivity index (χ0v) is 16.4. The Bertz CT molecular complexity index is 862. The third-order valence-electron chi connectivity index (χ3n) is 4.95. The summed E-state index contributed by atoms with van der Waals surface area (Å²) in [6.45, 7) is 6.77.